The number of nitrogens with one attached hydrogen (secondary N) is 1. The molecule has 0 radical (unpaired) electrons. The van der Waals surface area contributed by atoms with Crippen molar-refractivity contribution in [3.05, 3.63) is 71.5 Å². The number of hydrogen-bond donors (Lipinski definition) is 2. The van der Waals surface area contributed by atoms with Crippen LogP contribution in [-0.4, -0.2) is 11.7 Å². The largest absolute Gasteiger partial charge is 0.467 e. The van der Waals surface area contributed by atoms with Gasteiger partial charge in [-0.05, 0) is 29.8 Å². The molecule has 108 valence electrons. The minimum Gasteiger partial charge on any atom is -0.467 e. The number of aliphatic hydroxyl groups excluding tert-OH is 1. The third kappa shape index (κ3) is 3.61. The van der Waals surface area contributed by atoms with E-state index in [-0.39, 0.29) is 0 Å². The average Bonchev–Trinajstić information content (AvgIpc) is 3.20. The fourth-order valence-corrected chi connectivity index (χ4v) is 3.13. The summed E-state index contributed by atoms with van der Waals surface area (Å²) in [6.07, 6.45) is 0.970. The van der Waals surface area contributed by atoms with Gasteiger partial charge in [0, 0.05) is 22.8 Å². The van der Waals surface area contributed by atoms with Gasteiger partial charge in [-0.15, -0.1) is 11.3 Å². The van der Waals surface area contributed by atoms with Crippen molar-refractivity contribution in [2.45, 2.75) is 12.6 Å². The van der Waals surface area contributed by atoms with Crippen LogP contribution in [0.15, 0.2) is 65.3 Å². The molecule has 0 fully saturated rings. The number of hydrogen-bond acceptors (Lipinski definition) is 4. The van der Waals surface area contributed by atoms with Gasteiger partial charge in [0.25, 0.3) is 0 Å². The molecule has 4 heteroatoms. The summed E-state index contributed by atoms with van der Waals surface area (Å²) in [6, 6.07) is 18.2. The Balaban J connectivity index is 1.54. The van der Waals surface area contributed by atoms with Crippen LogP contribution in [0.5, 0.6) is 0 Å². The zero-order valence-corrected chi connectivity index (χ0v) is 12.3. The molecule has 0 aliphatic rings. The quantitative estimate of drug-likeness (QED) is 0.727. The fraction of sp³-hybridized carbons (Fsp3) is 0.176. The molecule has 21 heavy (non-hydrogen) atoms. The molecule has 1 atom stereocenters. The van der Waals surface area contributed by atoms with Crippen molar-refractivity contribution in [2.75, 3.05) is 6.54 Å². The van der Waals surface area contributed by atoms with Crippen molar-refractivity contribution >= 4 is 11.3 Å². The van der Waals surface area contributed by atoms with Crippen LogP contribution in [0.25, 0.3) is 10.4 Å². The van der Waals surface area contributed by atoms with Crippen LogP contribution >= 0.6 is 11.3 Å². The first kappa shape index (κ1) is 14.1. The lowest BCUT2D eigenvalue weighted by Crippen LogP contribution is -2.20. The highest BCUT2D eigenvalue weighted by atomic mass is 32.1. The molecule has 2 N–H and O–H groups in total. The molecule has 0 amide bonds. The van der Waals surface area contributed by atoms with Crippen molar-refractivity contribution in [1.82, 2.24) is 5.32 Å². The molecule has 0 aliphatic heterocycles. The summed E-state index contributed by atoms with van der Waals surface area (Å²) in [5.41, 5.74) is 1.24. The smallest absolute Gasteiger partial charge is 0.133 e. The molecule has 0 saturated heterocycles. The van der Waals surface area contributed by atoms with Crippen molar-refractivity contribution in [2.24, 2.45) is 0 Å². The minimum absolute atomic E-state index is 0.478. The Hall–Kier alpha value is -1.88. The lowest BCUT2D eigenvalue weighted by molar-refractivity contribution is 0.147. The topological polar surface area (TPSA) is 45.4 Å². The van der Waals surface area contributed by atoms with E-state index >= 15 is 0 Å². The highest BCUT2D eigenvalue weighted by Crippen LogP contribution is 2.27. The van der Waals surface area contributed by atoms with Gasteiger partial charge in [0.2, 0.25) is 0 Å². The first-order valence-corrected chi connectivity index (χ1v) is 7.71. The normalized spacial score (nSPS) is 12.4. The second-order valence-corrected chi connectivity index (χ2v) is 5.96. The van der Waals surface area contributed by atoms with Crippen LogP contribution in [0.2, 0.25) is 0 Å². The van der Waals surface area contributed by atoms with Crippen LogP contribution in [0.4, 0.5) is 0 Å². The summed E-state index contributed by atoms with van der Waals surface area (Å²) in [5, 5.41) is 13.2. The van der Waals surface area contributed by atoms with Gasteiger partial charge >= 0.3 is 0 Å². The van der Waals surface area contributed by atoms with Crippen molar-refractivity contribution in [3.63, 3.8) is 0 Å². The zero-order chi connectivity index (χ0) is 14.5. The van der Waals surface area contributed by atoms with Gasteiger partial charge in [-0.3, -0.25) is 0 Å². The highest BCUT2D eigenvalue weighted by molar-refractivity contribution is 7.15. The molecular formula is C17H17NO2S. The highest BCUT2D eigenvalue weighted by Gasteiger charge is 2.09. The monoisotopic (exact) mass is 299 g/mol. The van der Waals surface area contributed by atoms with Gasteiger partial charge in [0.1, 0.15) is 11.9 Å². The number of aliphatic hydroxyl groups is 1. The Morgan fingerprint density at radius 1 is 1.05 bits per heavy atom. The standard InChI is InChI=1S/C17H17NO2S/c19-15(16-7-4-10-20-16)12-18-11-14-8-9-17(21-14)13-5-2-1-3-6-13/h1-10,15,18-19H,11-12H2. The third-order valence-corrected chi connectivity index (χ3v) is 4.36. The summed E-state index contributed by atoms with van der Waals surface area (Å²) in [7, 11) is 0. The Labute approximate surface area is 127 Å². The van der Waals surface area contributed by atoms with Gasteiger partial charge in [-0.1, -0.05) is 30.3 Å². The van der Waals surface area contributed by atoms with Gasteiger partial charge in [-0.25, -0.2) is 0 Å². The van der Waals surface area contributed by atoms with E-state index < -0.39 is 6.10 Å². The maximum atomic E-state index is 9.92. The second-order valence-electron chi connectivity index (χ2n) is 4.79. The van der Waals surface area contributed by atoms with E-state index in [2.05, 4.69) is 29.6 Å². The van der Waals surface area contributed by atoms with Crippen LogP contribution in [0, 0.1) is 0 Å². The summed E-state index contributed by atoms with van der Waals surface area (Å²) in [5.74, 6) is 0.596. The molecule has 3 rings (SSSR count). The number of benzene rings is 1. The summed E-state index contributed by atoms with van der Waals surface area (Å²) < 4.78 is 5.17. The zero-order valence-electron chi connectivity index (χ0n) is 11.5. The van der Waals surface area contributed by atoms with Crippen LogP contribution in [0.1, 0.15) is 16.7 Å². The minimum atomic E-state index is -0.603. The average molecular weight is 299 g/mol. The number of thiophene rings is 1. The molecule has 2 aromatic heterocycles. The molecular weight excluding hydrogens is 282 g/mol. The lowest BCUT2D eigenvalue weighted by Gasteiger charge is -2.08. The van der Waals surface area contributed by atoms with Gasteiger partial charge in [-0.2, -0.15) is 0 Å². The molecule has 3 aromatic rings. The van der Waals surface area contributed by atoms with Crippen molar-refractivity contribution in [1.29, 1.82) is 0 Å². The van der Waals surface area contributed by atoms with E-state index in [0.717, 1.165) is 6.54 Å². The Morgan fingerprint density at radius 3 is 2.67 bits per heavy atom. The third-order valence-electron chi connectivity index (χ3n) is 3.23. The van der Waals surface area contributed by atoms with Crippen LogP contribution < -0.4 is 5.32 Å². The number of rotatable bonds is 6. The first-order chi connectivity index (χ1) is 10.3. The second kappa shape index (κ2) is 6.72. The SMILES string of the molecule is OC(CNCc1ccc(-c2ccccc2)s1)c1ccco1. The van der Waals surface area contributed by atoms with E-state index in [4.69, 9.17) is 4.42 Å². The van der Waals surface area contributed by atoms with Crippen LogP contribution in [-0.2, 0) is 6.54 Å². The van der Waals surface area contributed by atoms with Gasteiger partial charge in [0.05, 0.1) is 6.26 Å². The van der Waals surface area contributed by atoms with E-state index in [1.165, 1.54) is 15.3 Å². The van der Waals surface area contributed by atoms with Crippen LogP contribution in [0.3, 0.4) is 0 Å². The number of furan rings is 1. The summed E-state index contributed by atoms with van der Waals surface area (Å²) in [6.45, 7) is 1.22. The summed E-state index contributed by atoms with van der Waals surface area (Å²) in [4.78, 5) is 2.51. The molecule has 1 unspecified atom stereocenters. The van der Waals surface area contributed by atoms with E-state index in [1.807, 2.05) is 18.2 Å². The molecule has 1 aromatic carbocycles. The maximum Gasteiger partial charge on any atom is 0.133 e. The van der Waals surface area contributed by atoms with E-state index in [0.29, 0.717) is 12.3 Å². The Kier molecular flexibility index (Phi) is 4.50. The van der Waals surface area contributed by atoms with Gasteiger partial charge < -0.3 is 14.8 Å². The molecule has 3 nitrogen and oxygen atoms in total. The predicted molar refractivity (Wildman–Crippen MR) is 85.1 cm³/mol. The van der Waals surface area contributed by atoms with Gasteiger partial charge in [0.15, 0.2) is 0 Å². The fourth-order valence-electron chi connectivity index (χ4n) is 2.14. The Bertz CT molecular complexity index is 661. The lowest BCUT2D eigenvalue weighted by atomic mass is 10.2. The first-order valence-electron chi connectivity index (χ1n) is 6.89. The van der Waals surface area contributed by atoms with E-state index in [9.17, 15) is 5.11 Å². The van der Waals surface area contributed by atoms with Crippen molar-refractivity contribution < 1.29 is 9.52 Å². The van der Waals surface area contributed by atoms with E-state index in [1.54, 1.807) is 29.7 Å². The molecule has 0 saturated carbocycles. The summed E-state index contributed by atoms with van der Waals surface area (Å²) >= 11 is 1.77. The molecule has 2 heterocycles. The molecule has 0 spiro atoms. The van der Waals surface area contributed by atoms with Crippen molar-refractivity contribution in [3.8, 4) is 10.4 Å². The predicted octanol–water partition coefficient (Wildman–Crippen LogP) is 3.83. The Morgan fingerprint density at radius 2 is 1.90 bits per heavy atom. The molecule has 0 aliphatic carbocycles. The molecule has 0 bridgehead atoms. The maximum absolute atomic E-state index is 9.92.